The number of carbonyl (C=O) groups is 1. The summed E-state index contributed by atoms with van der Waals surface area (Å²) in [6.07, 6.45) is 1.87. The van der Waals surface area contributed by atoms with E-state index in [-0.39, 0.29) is 36.6 Å². The van der Waals surface area contributed by atoms with Crippen LogP contribution in [0.2, 0.25) is 5.02 Å². The molecule has 0 aromatic heterocycles. The van der Waals surface area contributed by atoms with E-state index in [1.807, 2.05) is 14.0 Å². The number of hydrogen-bond acceptors (Lipinski definition) is 3. The molecular formula is C18H25ClFN3O2. The smallest absolute Gasteiger partial charge is 0.318 e. The highest BCUT2D eigenvalue weighted by Crippen LogP contribution is 2.31. The van der Waals surface area contributed by atoms with E-state index >= 15 is 0 Å². The van der Waals surface area contributed by atoms with Gasteiger partial charge in [-0.25, -0.2) is 9.18 Å². The third-order valence-electron chi connectivity index (χ3n) is 4.78. The highest BCUT2D eigenvalue weighted by atomic mass is 35.5. The van der Waals surface area contributed by atoms with Crippen LogP contribution >= 0.6 is 11.6 Å². The number of nitrogens with zero attached hydrogens (tertiary/aromatic N) is 2. The first-order valence-corrected chi connectivity index (χ1v) is 9.17. The van der Waals surface area contributed by atoms with E-state index in [9.17, 15) is 9.18 Å². The van der Waals surface area contributed by atoms with Gasteiger partial charge in [-0.1, -0.05) is 17.7 Å². The fourth-order valence-electron chi connectivity index (χ4n) is 3.33. The van der Waals surface area contributed by atoms with Gasteiger partial charge in [0.15, 0.2) is 0 Å². The molecule has 25 heavy (non-hydrogen) atoms. The maximum absolute atomic E-state index is 14.1. The van der Waals surface area contributed by atoms with Gasteiger partial charge in [0.05, 0.1) is 18.7 Å². The van der Waals surface area contributed by atoms with Crippen LogP contribution in [0.15, 0.2) is 18.2 Å². The van der Waals surface area contributed by atoms with Crippen LogP contribution in [0.1, 0.15) is 25.3 Å². The Hall–Kier alpha value is -1.37. The summed E-state index contributed by atoms with van der Waals surface area (Å²) >= 11 is 6.13. The number of urea groups is 1. The van der Waals surface area contributed by atoms with Crippen LogP contribution in [0, 0.1) is 5.82 Å². The third kappa shape index (κ3) is 4.43. The quantitative estimate of drug-likeness (QED) is 0.838. The number of ether oxygens (including phenoxy) is 1. The van der Waals surface area contributed by atoms with Crippen molar-refractivity contribution < 1.29 is 13.9 Å². The molecule has 2 fully saturated rings. The van der Waals surface area contributed by atoms with Crippen molar-refractivity contribution in [3.8, 4) is 0 Å². The van der Waals surface area contributed by atoms with Crippen molar-refractivity contribution in [3.05, 3.63) is 34.6 Å². The van der Waals surface area contributed by atoms with Crippen LogP contribution in [0.3, 0.4) is 0 Å². The molecule has 7 heteroatoms. The van der Waals surface area contributed by atoms with Gasteiger partial charge in [0.25, 0.3) is 0 Å². The fraction of sp³-hybridized carbons (Fsp3) is 0.611. The molecule has 1 aromatic rings. The summed E-state index contributed by atoms with van der Waals surface area (Å²) in [5.74, 6) is -0.376. The second-order valence-electron chi connectivity index (χ2n) is 6.83. The molecule has 1 saturated carbocycles. The normalized spacial score (nSPS) is 23.7. The Kier molecular flexibility index (Phi) is 5.81. The van der Waals surface area contributed by atoms with Gasteiger partial charge < -0.3 is 19.9 Å². The number of benzene rings is 1. The summed E-state index contributed by atoms with van der Waals surface area (Å²) in [6.45, 7) is 4.29. The Morgan fingerprint density at radius 2 is 2.20 bits per heavy atom. The molecule has 1 aliphatic carbocycles. The monoisotopic (exact) mass is 369 g/mol. The van der Waals surface area contributed by atoms with Gasteiger partial charge in [0, 0.05) is 36.3 Å². The second kappa shape index (κ2) is 7.89. The lowest BCUT2D eigenvalue weighted by Gasteiger charge is -2.27. The average molecular weight is 370 g/mol. The predicted octanol–water partition coefficient (Wildman–Crippen LogP) is 2.87. The topological polar surface area (TPSA) is 44.8 Å². The SMILES string of the molecule is CCO[C@H]1CN(C)C[C@@H]1NC(=O)N(Cc1c(F)cccc1Cl)C1CC1. The molecule has 138 valence electrons. The molecule has 0 radical (unpaired) electrons. The minimum Gasteiger partial charge on any atom is -0.375 e. The van der Waals surface area contributed by atoms with Crippen LogP contribution in [0.5, 0.6) is 0 Å². The van der Waals surface area contributed by atoms with Gasteiger partial charge in [-0.05, 0) is 38.9 Å². The van der Waals surface area contributed by atoms with E-state index in [0.29, 0.717) is 17.2 Å². The first-order valence-electron chi connectivity index (χ1n) is 8.79. The van der Waals surface area contributed by atoms with Crippen LogP contribution in [-0.2, 0) is 11.3 Å². The van der Waals surface area contributed by atoms with E-state index in [2.05, 4.69) is 10.2 Å². The molecule has 5 nitrogen and oxygen atoms in total. The molecule has 0 unspecified atom stereocenters. The zero-order valence-electron chi connectivity index (χ0n) is 14.7. The number of likely N-dealkylation sites (N-methyl/N-ethyl adjacent to an activating group) is 1. The maximum atomic E-state index is 14.1. The number of carbonyl (C=O) groups excluding carboxylic acids is 1. The van der Waals surface area contributed by atoms with Crippen LogP contribution in [0.4, 0.5) is 9.18 Å². The van der Waals surface area contributed by atoms with Gasteiger partial charge >= 0.3 is 6.03 Å². The zero-order valence-corrected chi connectivity index (χ0v) is 15.4. The number of rotatable bonds is 6. The molecule has 2 aliphatic rings. The van der Waals surface area contributed by atoms with Crippen molar-refractivity contribution in [2.24, 2.45) is 0 Å². The number of likely N-dealkylation sites (tertiary alicyclic amines) is 1. The van der Waals surface area contributed by atoms with E-state index in [4.69, 9.17) is 16.3 Å². The average Bonchev–Trinajstić information content (AvgIpc) is 3.32. The lowest BCUT2D eigenvalue weighted by molar-refractivity contribution is 0.0547. The first-order chi connectivity index (χ1) is 12.0. The van der Waals surface area contributed by atoms with Gasteiger partial charge in [-0.2, -0.15) is 0 Å². The van der Waals surface area contributed by atoms with E-state index in [1.54, 1.807) is 17.0 Å². The first kappa shape index (κ1) is 18.4. The van der Waals surface area contributed by atoms with Crippen molar-refractivity contribution in [2.75, 3.05) is 26.7 Å². The van der Waals surface area contributed by atoms with Gasteiger partial charge in [0.1, 0.15) is 5.82 Å². The predicted molar refractivity (Wildman–Crippen MR) is 95.2 cm³/mol. The number of amides is 2. The molecule has 1 N–H and O–H groups in total. The van der Waals surface area contributed by atoms with Gasteiger partial charge in [-0.15, -0.1) is 0 Å². The van der Waals surface area contributed by atoms with Crippen molar-refractivity contribution in [1.29, 1.82) is 0 Å². The van der Waals surface area contributed by atoms with Crippen LogP contribution < -0.4 is 5.32 Å². The number of halogens is 2. The Balaban J connectivity index is 1.69. The minimum absolute atomic E-state index is 0.0166. The third-order valence-corrected chi connectivity index (χ3v) is 5.13. The second-order valence-corrected chi connectivity index (χ2v) is 7.24. The molecule has 2 amide bonds. The summed E-state index contributed by atoms with van der Waals surface area (Å²) in [4.78, 5) is 16.7. The Morgan fingerprint density at radius 1 is 1.44 bits per heavy atom. The molecule has 3 rings (SSSR count). The Labute approximate surface area is 153 Å². The molecule has 1 saturated heterocycles. The van der Waals surface area contributed by atoms with Crippen molar-refractivity contribution in [2.45, 2.75) is 44.5 Å². The minimum atomic E-state index is -0.376. The summed E-state index contributed by atoms with van der Waals surface area (Å²) in [5.41, 5.74) is 0.371. The Morgan fingerprint density at radius 3 is 2.84 bits per heavy atom. The summed E-state index contributed by atoms with van der Waals surface area (Å²) in [7, 11) is 2.01. The lowest BCUT2D eigenvalue weighted by Crippen LogP contribution is -2.50. The van der Waals surface area contributed by atoms with E-state index in [1.165, 1.54) is 6.07 Å². The highest BCUT2D eigenvalue weighted by Gasteiger charge is 2.37. The lowest BCUT2D eigenvalue weighted by atomic mass is 10.2. The largest absolute Gasteiger partial charge is 0.375 e. The number of hydrogen-bond donors (Lipinski definition) is 1. The molecule has 0 spiro atoms. The summed E-state index contributed by atoms with van der Waals surface area (Å²) < 4.78 is 19.9. The zero-order chi connectivity index (χ0) is 18.0. The van der Waals surface area contributed by atoms with Crippen LogP contribution in [0.25, 0.3) is 0 Å². The molecule has 1 aliphatic heterocycles. The molecule has 2 atom stereocenters. The molecule has 0 bridgehead atoms. The van der Waals surface area contributed by atoms with Crippen molar-refractivity contribution in [1.82, 2.24) is 15.1 Å². The summed E-state index contributed by atoms with van der Waals surface area (Å²) in [6, 6.07) is 4.52. The van der Waals surface area contributed by atoms with Crippen molar-refractivity contribution in [3.63, 3.8) is 0 Å². The summed E-state index contributed by atoms with van der Waals surface area (Å²) in [5, 5.41) is 3.43. The van der Waals surface area contributed by atoms with Crippen LogP contribution in [-0.4, -0.2) is 60.8 Å². The number of nitrogens with one attached hydrogen (secondary N) is 1. The molecular weight excluding hydrogens is 345 g/mol. The van der Waals surface area contributed by atoms with E-state index in [0.717, 1.165) is 25.9 Å². The van der Waals surface area contributed by atoms with Gasteiger partial charge in [-0.3, -0.25) is 0 Å². The fourth-order valence-corrected chi connectivity index (χ4v) is 3.55. The molecule has 1 aromatic carbocycles. The highest BCUT2D eigenvalue weighted by molar-refractivity contribution is 6.31. The van der Waals surface area contributed by atoms with Crippen molar-refractivity contribution >= 4 is 17.6 Å². The molecule has 1 heterocycles. The van der Waals surface area contributed by atoms with Gasteiger partial charge in [0.2, 0.25) is 0 Å². The van der Waals surface area contributed by atoms with E-state index < -0.39 is 0 Å². The standard InChI is InChI=1S/C18H25ClFN3O2/c1-3-25-17-11-22(2)10-16(17)21-18(24)23(12-7-8-12)9-13-14(19)5-4-6-15(13)20/h4-6,12,16-17H,3,7-11H2,1-2H3,(H,21,24)/t16-,17-/m0/s1. The maximum Gasteiger partial charge on any atom is 0.318 e. The Bertz CT molecular complexity index is 606.